The highest BCUT2D eigenvalue weighted by molar-refractivity contribution is 9.10. The van der Waals surface area contributed by atoms with Crippen LogP contribution in [0.5, 0.6) is 0 Å². The molecule has 0 aromatic heterocycles. The van der Waals surface area contributed by atoms with Crippen molar-refractivity contribution in [3.05, 3.63) is 35.9 Å². The van der Waals surface area contributed by atoms with E-state index in [1.807, 2.05) is 18.2 Å². The zero-order valence-corrected chi connectivity index (χ0v) is 11.3. The van der Waals surface area contributed by atoms with Gasteiger partial charge < -0.3 is 5.11 Å². The van der Waals surface area contributed by atoms with Gasteiger partial charge in [-0.1, -0.05) is 65.5 Å². The van der Waals surface area contributed by atoms with E-state index in [0.717, 1.165) is 19.3 Å². The van der Waals surface area contributed by atoms with E-state index in [0.29, 0.717) is 18.4 Å². The monoisotopic (exact) mass is 296 g/mol. The van der Waals surface area contributed by atoms with Crippen molar-refractivity contribution < 1.29 is 9.90 Å². The second kappa shape index (κ2) is 5.32. The first-order valence-corrected chi connectivity index (χ1v) is 7.01. The van der Waals surface area contributed by atoms with Crippen molar-refractivity contribution in [2.75, 3.05) is 0 Å². The molecule has 0 heterocycles. The van der Waals surface area contributed by atoms with Crippen LogP contribution in [0.4, 0.5) is 0 Å². The molecule has 17 heavy (non-hydrogen) atoms. The average Bonchev–Trinajstić information content (AvgIpc) is 2.39. The molecule has 0 aliphatic heterocycles. The third kappa shape index (κ3) is 2.78. The molecule has 3 heteroatoms. The SMILES string of the molecule is O=C(c1ccccc1)C(Br)C1(O)CCCCC1. The normalized spacial score (nSPS) is 20.8. The average molecular weight is 297 g/mol. The number of hydrogen-bond acceptors (Lipinski definition) is 2. The number of halogens is 1. The second-order valence-corrected chi connectivity index (χ2v) is 5.67. The Kier molecular flexibility index (Phi) is 4.00. The molecule has 1 aromatic carbocycles. The first-order valence-electron chi connectivity index (χ1n) is 6.09. The molecule has 1 saturated carbocycles. The molecular weight excluding hydrogens is 280 g/mol. The zero-order valence-electron chi connectivity index (χ0n) is 9.73. The molecule has 1 fully saturated rings. The van der Waals surface area contributed by atoms with Crippen LogP contribution in [0.3, 0.4) is 0 Å². The van der Waals surface area contributed by atoms with Crippen molar-refractivity contribution in [2.45, 2.75) is 42.5 Å². The van der Waals surface area contributed by atoms with Crippen molar-refractivity contribution in [3.8, 4) is 0 Å². The fourth-order valence-corrected chi connectivity index (χ4v) is 3.13. The Hall–Kier alpha value is -0.670. The van der Waals surface area contributed by atoms with Gasteiger partial charge in [0, 0.05) is 5.56 Å². The maximum atomic E-state index is 12.2. The van der Waals surface area contributed by atoms with Crippen molar-refractivity contribution in [1.29, 1.82) is 0 Å². The Morgan fingerprint density at radius 1 is 1.18 bits per heavy atom. The summed E-state index contributed by atoms with van der Waals surface area (Å²) in [6, 6.07) is 9.16. The summed E-state index contributed by atoms with van der Waals surface area (Å²) in [5, 5.41) is 10.5. The molecule has 0 amide bonds. The number of hydrogen-bond donors (Lipinski definition) is 1. The summed E-state index contributed by atoms with van der Waals surface area (Å²) in [5.41, 5.74) is -0.209. The van der Waals surface area contributed by atoms with Gasteiger partial charge in [0.2, 0.25) is 0 Å². The van der Waals surface area contributed by atoms with Crippen LogP contribution < -0.4 is 0 Å². The van der Waals surface area contributed by atoms with Crippen LogP contribution in [-0.2, 0) is 0 Å². The first-order chi connectivity index (χ1) is 8.13. The summed E-state index contributed by atoms with van der Waals surface area (Å²) >= 11 is 3.40. The van der Waals surface area contributed by atoms with Gasteiger partial charge in [0.1, 0.15) is 4.83 Å². The molecule has 1 unspecified atom stereocenters. The molecule has 2 rings (SSSR count). The Labute approximate surface area is 110 Å². The Morgan fingerprint density at radius 3 is 2.35 bits per heavy atom. The van der Waals surface area contributed by atoms with Gasteiger partial charge in [-0.15, -0.1) is 0 Å². The number of carbonyl (C=O) groups is 1. The van der Waals surface area contributed by atoms with E-state index < -0.39 is 10.4 Å². The van der Waals surface area contributed by atoms with Gasteiger partial charge in [-0.05, 0) is 12.8 Å². The number of rotatable bonds is 3. The lowest BCUT2D eigenvalue weighted by Gasteiger charge is -2.35. The van der Waals surface area contributed by atoms with Gasteiger partial charge >= 0.3 is 0 Å². The van der Waals surface area contributed by atoms with E-state index in [1.54, 1.807) is 12.1 Å². The van der Waals surface area contributed by atoms with E-state index in [9.17, 15) is 9.90 Å². The minimum absolute atomic E-state index is 0.0185. The highest BCUT2D eigenvalue weighted by Gasteiger charge is 2.40. The van der Waals surface area contributed by atoms with Crippen molar-refractivity contribution in [3.63, 3.8) is 0 Å². The van der Waals surface area contributed by atoms with Gasteiger partial charge in [-0.2, -0.15) is 0 Å². The number of ketones is 1. The molecular formula is C14H17BrO2. The summed E-state index contributed by atoms with van der Waals surface area (Å²) in [7, 11) is 0. The lowest BCUT2D eigenvalue weighted by molar-refractivity contribution is 0.00671. The Bertz CT molecular complexity index is 382. The molecule has 1 aliphatic rings. The second-order valence-electron chi connectivity index (χ2n) is 4.76. The first kappa shape index (κ1) is 12.8. The van der Waals surface area contributed by atoms with Crippen molar-refractivity contribution >= 4 is 21.7 Å². The van der Waals surface area contributed by atoms with E-state index in [4.69, 9.17) is 0 Å². The summed E-state index contributed by atoms with van der Waals surface area (Å²) in [6.45, 7) is 0. The van der Waals surface area contributed by atoms with Crippen LogP contribution in [0.25, 0.3) is 0 Å². The van der Waals surface area contributed by atoms with E-state index in [1.165, 1.54) is 0 Å². The molecule has 1 atom stereocenters. The molecule has 2 nitrogen and oxygen atoms in total. The van der Waals surface area contributed by atoms with Crippen LogP contribution in [0, 0.1) is 0 Å². The maximum Gasteiger partial charge on any atom is 0.179 e. The number of carbonyl (C=O) groups excluding carboxylic acids is 1. The van der Waals surface area contributed by atoms with Gasteiger partial charge in [-0.3, -0.25) is 4.79 Å². The zero-order chi connectivity index (χ0) is 12.3. The van der Waals surface area contributed by atoms with Gasteiger partial charge in [0.05, 0.1) is 5.60 Å². The molecule has 1 aromatic rings. The fourth-order valence-electron chi connectivity index (χ4n) is 2.41. The molecule has 0 spiro atoms. The van der Waals surface area contributed by atoms with Gasteiger partial charge in [0.25, 0.3) is 0 Å². The third-order valence-corrected chi connectivity index (χ3v) is 4.75. The molecule has 0 radical (unpaired) electrons. The predicted molar refractivity (Wildman–Crippen MR) is 71.5 cm³/mol. The van der Waals surface area contributed by atoms with Crippen LogP contribution in [-0.4, -0.2) is 21.3 Å². The lowest BCUT2D eigenvalue weighted by Crippen LogP contribution is -2.44. The van der Waals surface area contributed by atoms with Crippen LogP contribution >= 0.6 is 15.9 Å². The number of benzene rings is 1. The number of alkyl halides is 1. The van der Waals surface area contributed by atoms with Gasteiger partial charge in [-0.25, -0.2) is 0 Å². The topological polar surface area (TPSA) is 37.3 Å². The Morgan fingerprint density at radius 2 is 1.76 bits per heavy atom. The minimum atomic E-state index is -0.870. The summed E-state index contributed by atoms with van der Waals surface area (Å²) in [6.07, 6.45) is 4.58. The van der Waals surface area contributed by atoms with Crippen molar-refractivity contribution in [1.82, 2.24) is 0 Å². The highest BCUT2D eigenvalue weighted by Crippen LogP contribution is 2.35. The summed E-state index contributed by atoms with van der Waals surface area (Å²) in [4.78, 5) is 11.8. The smallest absolute Gasteiger partial charge is 0.179 e. The van der Waals surface area contributed by atoms with Crippen molar-refractivity contribution in [2.24, 2.45) is 0 Å². The van der Waals surface area contributed by atoms with Crippen LogP contribution in [0.15, 0.2) is 30.3 Å². The van der Waals surface area contributed by atoms with E-state index >= 15 is 0 Å². The van der Waals surface area contributed by atoms with Crippen LogP contribution in [0.2, 0.25) is 0 Å². The largest absolute Gasteiger partial charge is 0.388 e. The predicted octanol–water partition coefficient (Wildman–Crippen LogP) is 3.33. The molecule has 1 N–H and O–H groups in total. The molecule has 0 saturated heterocycles. The number of aliphatic hydroxyl groups is 1. The lowest BCUT2D eigenvalue weighted by atomic mass is 9.80. The third-order valence-electron chi connectivity index (χ3n) is 3.48. The van der Waals surface area contributed by atoms with E-state index in [-0.39, 0.29) is 5.78 Å². The molecule has 92 valence electrons. The standard InChI is InChI=1S/C14H17BrO2/c15-13(14(17)9-5-2-6-10-14)12(16)11-7-3-1-4-8-11/h1,3-4,7-8,13,17H,2,5-6,9-10H2. The minimum Gasteiger partial charge on any atom is -0.388 e. The van der Waals surface area contributed by atoms with Crippen LogP contribution in [0.1, 0.15) is 42.5 Å². The highest BCUT2D eigenvalue weighted by atomic mass is 79.9. The quantitative estimate of drug-likeness (QED) is 0.686. The van der Waals surface area contributed by atoms with Gasteiger partial charge in [0.15, 0.2) is 5.78 Å². The van der Waals surface area contributed by atoms with E-state index in [2.05, 4.69) is 15.9 Å². The Balaban J connectivity index is 2.14. The number of Topliss-reactive ketones (excluding diaryl/α,β-unsaturated/α-hetero) is 1. The molecule has 0 bridgehead atoms. The maximum absolute atomic E-state index is 12.2. The fraction of sp³-hybridized carbons (Fsp3) is 0.500. The summed E-state index contributed by atoms with van der Waals surface area (Å²) < 4.78 is 0. The molecule has 1 aliphatic carbocycles. The summed E-state index contributed by atoms with van der Waals surface area (Å²) in [5.74, 6) is -0.0185.